The highest BCUT2D eigenvalue weighted by atomic mass is 16.1. The fourth-order valence-electron chi connectivity index (χ4n) is 2.58. The molecule has 0 aromatic carbocycles. The molecule has 1 aliphatic rings. The van der Waals surface area contributed by atoms with Gasteiger partial charge in [-0.3, -0.25) is 9.69 Å². The lowest BCUT2D eigenvalue weighted by atomic mass is 10.0. The van der Waals surface area contributed by atoms with Crippen LogP contribution in [0.5, 0.6) is 0 Å². The summed E-state index contributed by atoms with van der Waals surface area (Å²) in [7, 11) is 0. The first-order valence-electron chi connectivity index (χ1n) is 7.35. The summed E-state index contributed by atoms with van der Waals surface area (Å²) in [5, 5.41) is 6.20. The van der Waals surface area contributed by atoms with Crippen molar-refractivity contribution >= 4 is 11.7 Å². The van der Waals surface area contributed by atoms with Crippen molar-refractivity contribution < 1.29 is 4.79 Å². The van der Waals surface area contributed by atoms with Crippen LogP contribution in [0.3, 0.4) is 0 Å². The highest BCUT2D eigenvalue weighted by Crippen LogP contribution is 2.14. The quantitative estimate of drug-likeness (QED) is 0.858. The zero-order chi connectivity index (χ0) is 14.4. The summed E-state index contributed by atoms with van der Waals surface area (Å²) in [5.74, 6) is 1.01. The first kappa shape index (κ1) is 14.8. The van der Waals surface area contributed by atoms with Crippen LogP contribution in [0.1, 0.15) is 32.3 Å². The zero-order valence-electron chi connectivity index (χ0n) is 12.4. The number of likely N-dealkylation sites (tertiary alicyclic amines) is 1. The Kier molecular flexibility index (Phi) is 5.35. The van der Waals surface area contributed by atoms with E-state index < -0.39 is 0 Å². The fraction of sp³-hybridized carbons (Fsp3) is 0.600. The molecule has 0 radical (unpaired) electrons. The molecule has 5 heteroatoms. The van der Waals surface area contributed by atoms with E-state index in [0.717, 1.165) is 44.8 Å². The van der Waals surface area contributed by atoms with Gasteiger partial charge in [-0.05, 0) is 31.4 Å². The Morgan fingerprint density at radius 1 is 1.40 bits per heavy atom. The van der Waals surface area contributed by atoms with Crippen LogP contribution in [0.25, 0.3) is 0 Å². The lowest BCUT2D eigenvalue weighted by molar-refractivity contribution is -0.119. The number of pyridine rings is 1. The topological polar surface area (TPSA) is 57.3 Å². The molecule has 1 aliphatic heterocycles. The van der Waals surface area contributed by atoms with E-state index in [-0.39, 0.29) is 5.91 Å². The number of hydrogen-bond donors (Lipinski definition) is 2. The third-order valence-electron chi connectivity index (χ3n) is 3.58. The number of carbonyl (C=O) groups is 1. The van der Waals surface area contributed by atoms with E-state index in [1.54, 1.807) is 6.92 Å². The van der Waals surface area contributed by atoms with Crippen LogP contribution in [0.2, 0.25) is 0 Å². The molecule has 1 aromatic rings. The molecule has 0 saturated carbocycles. The van der Waals surface area contributed by atoms with Gasteiger partial charge >= 0.3 is 0 Å². The number of piperidine rings is 1. The summed E-state index contributed by atoms with van der Waals surface area (Å²) in [6.07, 6.45) is 4.00. The SMILES string of the molecule is CCNc1ccc(CN2CCC(NC(C)=O)CC2)cn1. The van der Waals surface area contributed by atoms with Crippen molar-refractivity contribution in [1.29, 1.82) is 0 Å². The van der Waals surface area contributed by atoms with E-state index in [4.69, 9.17) is 0 Å². The van der Waals surface area contributed by atoms with Crippen molar-refractivity contribution in [2.75, 3.05) is 25.0 Å². The van der Waals surface area contributed by atoms with E-state index in [9.17, 15) is 4.79 Å². The summed E-state index contributed by atoms with van der Waals surface area (Å²) in [6.45, 7) is 7.54. The molecular weight excluding hydrogens is 252 g/mol. The molecule has 110 valence electrons. The molecule has 1 saturated heterocycles. The standard InChI is InChI=1S/C15H24N4O/c1-3-16-15-5-4-13(10-17-15)11-19-8-6-14(7-9-19)18-12(2)20/h4-5,10,14H,3,6-9,11H2,1-2H3,(H,16,17)(H,18,20). The highest BCUT2D eigenvalue weighted by Gasteiger charge is 2.19. The Balaban J connectivity index is 1.78. The van der Waals surface area contributed by atoms with E-state index in [1.807, 2.05) is 12.3 Å². The van der Waals surface area contributed by atoms with Crippen molar-refractivity contribution in [2.24, 2.45) is 0 Å². The van der Waals surface area contributed by atoms with Crippen LogP contribution in [-0.2, 0) is 11.3 Å². The molecule has 2 heterocycles. The number of amides is 1. The molecule has 1 aromatic heterocycles. The maximum atomic E-state index is 11.0. The Bertz CT molecular complexity index is 424. The molecule has 2 rings (SSSR count). The highest BCUT2D eigenvalue weighted by molar-refractivity contribution is 5.73. The largest absolute Gasteiger partial charge is 0.370 e. The number of carbonyl (C=O) groups excluding carboxylic acids is 1. The molecule has 0 spiro atoms. The van der Waals surface area contributed by atoms with Gasteiger partial charge in [0.2, 0.25) is 5.91 Å². The number of hydrogen-bond acceptors (Lipinski definition) is 4. The van der Waals surface area contributed by atoms with Gasteiger partial charge in [0.15, 0.2) is 0 Å². The van der Waals surface area contributed by atoms with Crippen LogP contribution < -0.4 is 10.6 Å². The zero-order valence-corrected chi connectivity index (χ0v) is 12.4. The lowest BCUT2D eigenvalue weighted by Gasteiger charge is -2.32. The van der Waals surface area contributed by atoms with Crippen molar-refractivity contribution in [1.82, 2.24) is 15.2 Å². The van der Waals surface area contributed by atoms with Crippen molar-refractivity contribution in [3.63, 3.8) is 0 Å². The summed E-state index contributed by atoms with van der Waals surface area (Å²) in [4.78, 5) is 17.8. The van der Waals surface area contributed by atoms with Gasteiger partial charge < -0.3 is 10.6 Å². The molecule has 1 amide bonds. The predicted octanol–water partition coefficient (Wildman–Crippen LogP) is 1.61. The summed E-state index contributed by atoms with van der Waals surface area (Å²) < 4.78 is 0. The van der Waals surface area contributed by atoms with E-state index in [1.165, 1.54) is 5.56 Å². The van der Waals surface area contributed by atoms with Crippen molar-refractivity contribution in [3.05, 3.63) is 23.9 Å². The van der Waals surface area contributed by atoms with Gasteiger partial charge in [-0.15, -0.1) is 0 Å². The molecule has 0 aliphatic carbocycles. The second-order valence-corrected chi connectivity index (χ2v) is 5.33. The van der Waals surface area contributed by atoms with Crippen LogP contribution in [0, 0.1) is 0 Å². The third kappa shape index (κ3) is 4.49. The molecule has 1 fully saturated rings. The Labute approximate surface area is 120 Å². The molecule has 2 N–H and O–H groups in total. The van der Waals surface area contributed by atoms with E-state index in [2.05, 4.69) is 33.5 Å². The molecule has 5 nitrogen and oxygen atoms in total. The Morgan fingerprint density at radius 3 is 2.70 bits per heavy atom. The van der Waals surface area contributed by atoms with Gasteiger partial charge in [-0.1, -0.05) is 6.07 Å². The van der Waals surface area contributed by atoms with Crippen molar-refractivity contribution in [2.45, 2.75) is 39.3 Å². The lowest BCUT2D eigenvalue weighted by Crippen LogP contribution is -2.43. The van der Waals surface area contributed by atoms with Gasteiger partial charge in [0.25, 0.3) is 0 Å². The first-order chi connectivity index (χ1) is 9.67. The molecule has 20 heavy (non-hydrogen) atoms. The minimum atomic E-state index is 0.0756. The summed E-state index contributed by atoms with van der Waals surface area (Å²) >= 11 is 0. The number of nitrogens with zero attached hydrogens (tertiary/aromatic N) is 2. The number of aromatic nitrogens is 1. The Hall–Kier alpha value is -1.62. The van der Waals surface area contributed by atoms with Gasteiger partial charge in [-0.2, -0.15) is 0 Å². The average Bonchev–Trinajstić information content (AvgIpc) is 2.43. The van der Waals surface area contributed by atoms with Crippen molar-refractivity contribution in [3.8, 4) is 0 Å². The normalized spacial score (nSPS) is 16.9. The number of anilines is 1. The molecule has 0 unspecified atom stereocenters. The predicted molar refractivity (Wildman–Crippen MR) is 80.5 cm³/mol. The van der Waals surface area contributed by atoms with Crippen LogP contribution in [0.4, 0.5) is 5.82 Å². The van der Waals surface area contributed by atoms with E-state index in [0.29, 0.717) is 6.04 Å². The van der Waals surface area contributed by atoms with Gasteiger partial charge in [0.05, 0.1) is 0 Å². The smallest absolute Gasteiger partial charge is 0.217 e. The van der Waals surface area contributed by atoms with Crippen LogP contribution >= 0.6 is 0 Å². The molecule has 0 bridgehead atoms. The maximum absolute atomic E-state index is 11.0. The minimum absolute atomic E-state index is 0.0756. The van der Waals surface area contributed by atoms with Gasteiger partial charge in [0.1, 0.15) is 5.82 Å². The van der Waals surface area contributed by atoms with Gasteiger partial charge in [-0.25, -0.2) is 4.98 Å². The third-order valence-corrected chi connectivity index (χ3v) is 3.58. The second-order valence-electron chi connectivity index (χ2n) is 5.33. The summed E-state index contributed by atoms with van der Waals surface area (Å²) in [5.41, 5.74) is 1.24. The first-order valence-corrected chi connectivity index (χ1v) is 7.35. The molecular formula is C15H24N4O. The van der Waals surface area contributed by atoms with Crippen LogP contribution in [0.15, 0.2) is 18.3 Å². The van der Waals surface area contributed by atoms with Gasteiger partial charge in [0, 0.05) is 45.3 Å². The minimum Gasteiger partial charge on any atom is -0.370 e. The molecule has 0 atom stereocenters. The number of nitrogens with one attached hydrogen (secondary N) is 2. The second kappa shape index (κ2) is 7.24. The fourth-order valence-corrected chi connectivity index (χ4v) is 2.58. The van der Waals surface area contributed by atoms with Crippen LogP contribution in [-0.4, -0.2) is 41.5 Å². The monoisotopic (exact) mass is 276 g/mol. The van der Waals surface area contributed by atoms with E-state index >= 15 is 0 Å². The maximum Gasteiger partial charge on any atom is 0.217 e. The number of rotatable bonds is 5. The Morgan fingerprint density at radius 2 is 2.15 bits per heavy atom. The average molecular weight is 276 g/mol. The summed E-state index contributed by atoms with van der Waals surface area (Å²) in [6, 6.07) is 4.51.